The average molecular weight is 445 g/mol. The molecule has 0 aliphatic rings. The van der Waals surface area contributed by atoms with Gasteiger partial charge in [0.15, 0.2) is 0 Å². The largest absolute Gasteiger partial charge is 0.389 e. The summed E-state index contributed by atoms with van der Waals surface area (Å²) in [5, 5.41) is 17.0. The fourth-order valence-electron chi connectivity index (χ4n) is 2.68. The van der Waals surface area contributed by atoms with Crippen LogP contribution in [-0.4, -0.2) is 39.0 Å². The van der Waals surface area contributed by atoms with Gasteiger partial charge < -0.3 is 15.4 Å². The molecule has 0 saturated heterocycles. The number of aryl methyl sites for hydroxylation is 3. The first kappa shape index (κ1) is 21.8. The molecule has 0 saturated carbocycles. The van der Waals surface area contributed by atoms with Crippen LogP contribution in [0.15, 0.2) is 47.5 Å². The summed E-state index contributed by atoms with van der Waals surface area (Å²) in [6.07, 6.45) is 1.45. The van der Waals surface area contributed by atoms with Crippen LogP contribution < -0.4 is 10.0 Å². The fraction of sp³-hybridized carbons (Fsp3) is 0.222. The van der Waals surface area contributed by atoms with E-state index in [2.05, 4.69) is 25.1 Å². The zero-order valence-corrected chi connectivity index (χ0v) is 17.5. The molecule has 1 amide bonds. The number of nitrogens with one attached hydrogen (secondary N) is 2. The zero-order valence-electron chi connectivity index (χ0n) is 16.6. The number of carbonyl (C=O) groups excluding carboxylic acids is 1. The Hall–Kier alpha value is -3.87. The molecule has 0 unspecified atom stereocenters. The number of hydrogen-bond acceptors (Lipinski definition) is 8. The van der Waals surface area contributed by atoms with E-state index in [-0.39, 0.29) is 35.5 Å². The first-order valence-electron chi connectivity index (χ1n) is 9.05. The third-order valence-electron chi connectivity index (χ3n) is 4.04. The number of nitrogens with zero attached hydrogens (tertiary/aromatic N) is 5. The minimum absolute atomic E-state index is 0.0166. The highest BCUT2D eigenvalue weighted by molar-refractivity contribution is 7.92. The SMILES string of the molecule is Cc1cc(C)nc(NS(=O)(=O)c2ccc(NC(=O)CCn3ccc([N+](=O)[O-])n3)cc2)n1. The van der Waals surface area contributed by atoms with Crippen molar-refractivity contribution in [2.45, 2.75) is 31.7 Å². The molecular weight excluding hydrogens is 426 g/mol. The average Bonchev–Trinajstić information content (AvgIpc) is 3.15. The van der Waals surface area contributed by atoms with Gasteiger partial charge in [-0.3, -0.25) is 4.79 Å². The number of nitro groups is 1. The molecule has 1 aromatic carbocycles. The number of sulfonamides is 1. The van der Waals surface area contributed by atoms with E-state index in [1.165, 1.54) is 41.2 Å². The Morgan fingerprint density at radius 1 is 1.13 bits per heavy atom. The summed E-state index contributed by atoms with van der Waals surface area (Å²) in [7, 11) is -3.90. The molecule has 3 rings (SSSR count). The van der Waals surface area contributed by atoms with Gasteiger partial charge in [0.25, 0.3) is 10.0 Å². The lowest BCUT2D eigenvalue weighted by molar-refractivity contribution is -0.389. The second-order valence-electron chi connectivity index (χ2n) is 6.60. The summed E-state index contributed by atoms with van der Waals surface area (Å²) >= 11 is 0. The Bertz CT molecular complexity index is 1200. The molecule has 0 aliphatic heterocycles. The Labute approximate surface area is 177 Å². The molecule has 2 N–H and O–H groups in total. The molecule has 3 aromatic rings. The van der Waals surface area contributed by atoms with Crippen LogP contribution in [0.1, 0.15) is 17.8 Å². The summed E-state index contributed by atoms with van der Waals surface area (Å²) in [6, 6.07) is 8.56. The van der Waals surface area contributed by atoms with Crippen molar-refractivity contribution in [3.8, 4) is 0 Å². The van der Waals surface area contributed by atoms with Gasteiger partial charge >= 0.3 is 5.82 Å². The number of hydrogen-bond donors (Lipinski definition) is 2. The second kappa shape index (κ2) is 8.87. The molecule has 0 bridgehead atoms. The molecular formula is C18H19N7O5S. The van der Waals surface area contributed by atoms with E-state index >= 15 is 0 Å². The van der Waals surface area contributed by atoms with Gasteiger partial charge in [-0.25, -0.2) is 23.1 Å². The van der Waals surface area contributed by atoms with Crippen LogP contribution in [0.2, 0.25) is 0 Å². The molecule has 2 aromatic heterocycles. The van der Waals surface area contributed by atoms with Gasteiger partial charge in [0.2, 0.25) is 11.9 Å². The first-order chi connectivity index (χ1) is 14.6. The molecule has 0 atom stereocenters. The van der Waals surface area contributed by atoms with Crippen molar-refractivity contribution in [2.24, 2.45) is 0 Å². The van der Waals surface area contributed by atoms with Gasteiger partial charge in [-0.2, -0.15) is 4.68 Å². The molecule has 13 heteroatoms. The van der Waals surface area contributed by atoms with Crippen molar-refractivity contribution < 1.29 is 18.1 Å². The second-order valence-corrected chi connectivity index (χ2v) is 8.28. The van der Waals surface area contributed by atoms with Crippen molar-refractivity contribution in [3.63, 3.8) is 0 Å². The number of aromatic nitrogens is 4. The summed E-state index contributed by atoms with van der Waals surface area (Å²) in [5.74, 6) is -0.665. The predicted octanol–water partition coefficient (Wildman–Crippen LogP) is 2.03. The van der Waals surface area contributed by atoms with Gasteiger partial charge in [0.05, 0.1) is 28.8 Å². The predicted molar refractivity (Wildman–Crippen MR) is 111 cm³/mol. The van der Waals surface area contributed by atoms with Crippen LogP contribution in [0.5, 0.6) is 0 Å². The highest BCUT2D eigenvalue weighted by Crippen LogP contribution is 2.17. The van der Waals surface area contributed by atoms with E-state index in [0.717, 1.165) is 0 Å². The highest BCUT2D eigenvalue weighted by atomic mass is 32.2. The molecule has 0 radical (unpaired) electrons. The summed E-state index contributed by atoms with van der Waals surface area (Å²) < 4.78 is 28.7. The quantitative estimate of drug-likeness (QED) is 0.393. The maximum atomic E-state index is 12.5. The van der Waals surface area contributed by atoms with Crippen molar-refractivity contribution in [3.05, 3.63) is 64.1 Å². The van der Waals surface area contributed by atoms with Gasteiger partial charge in [0.1, 0.15) is 0 Å². The van der Waals surface area contributed by atoms with Crippen LogP contribution >= 0.6 is 0 Å². The van der Waals surface area contributed by atoms with Crippen molar-refractivity contribution in [1.82, 2.24) is 19.7 Å². The Morgan fingerprint density at radius 3 is 2.35 bits per heavy atom. The van der Waals surface area contributed by atoms with Gasteiger partial charge in [0, 0.05) is 23.5 Å². The van der Waals surface area contributed by atoms with Crippen molar-refractivity contribution >= 4 is 33.4 Å². The normalized spacial score (nSPS) is 11.2. The summed E-state index contributed by atoms with van der Waals surface area (Å²) in [5.41, 5.74) is 1.67. The lowest BCUT2D eigenvalue weighted by atomic mass is 10.3. The maximum Gasteiger partial charge on any atom is 0.389 e. The van der Waals surface area contributed by atoms with Gasteiger partial charge in [-0.15, -0.1) is 0 Å². The van der Waals surface area contributed by atoms with E-state index in [4.69, 9.17) is 0 Å². The monoisotopic (exact) mass is 445 g/mol. The highest BCUT2D eigenvalue weighted by Gasteiger charge is 2.17. The fourth-order valence-corrected chi connectivity index (χ4v) is 3.62. The van der Waals surface area contributed by atoms with E-state index in [0.29, 0.717) is 17.1 Å². The first-order valence-corrected chi connectivity index (χ1v) is 10.5. The molecule has 12 nitrogen and oxygen atoms in total. The van der Waals surface area contributed by atoms with Crippen LogP contribution in [0.25, 0.3) is 0 Å². The number of benzene rings is 1. The number of amides is 1. The standard InChI is InChI=1S/C18H19N7O5S/c1-12-11-13(2)20-18(19-12)23-31(29,30)15-5-3-14(4-6-15)21-17(26)8-10-24-9-7-16(22-24)25(27)28/h3-7,9,11H,8,10H2,1-2H3,(H,21,26)(H,19,20,23). The Balaban J connectivity index is 1.59. The molecule has 2 heterocycles. The van der Waals surface area contributed by atoms with Crippen LogP contribution in [0.4, 0.5) is 17.5 Å². The van der Waals surface area contributed by atoms with Gasteiger partial charge in [-0.1, -0.05) is 0 Å². The molecule has 0 fully saturated rings. The number of carbonyl (C=O) groups is 1. The molecule has 0 aliphatic carbocycles. The van der Waals surface area contributed by atoms with Crippen molar-refractivity contribution in [1.29, 1.82) is 0 Å². The maximum absolute atomic E-state index is 12.5. The molecule has 0 spiro atoms. The Kier molecular flexibility index (Phi) is 6.25. The van der Waals surface area contributed by atoms with E-state index < -0.39 is 14.9 Å². The van der Waals surface area contributed by atoms with Crippen LogP contribution in [-0.2, 0) is 21.4 Å². The lowest BCUT2D eigenvalue weighted by Crippen LogP contribution is -2.16. The van der Waals surface area contributed by atoms with E-state index in [1.807, 2.05) is 0 Å². The molecule has 162 valence electrons. The lowest BCUT2D eigenvalue weighted by Gasteiger charge is -2.09. The van der Waals surface area contributed by atoms with Crippen LogP contribution in [0, 0.1) is 24.0 Å². The zero-order chi connectivity index (χ0) is 22.6. The van der Waals surface area contributed by atoms with Crippen molar-refractivity contribution in [2.75, 3.05) is 10.0 Å². The van der Waals surface area contributed by atoms with Crippen LogP contribution in [0.3, 0.4) is 0 Å². The topological polar surface area (TPSA) is 162 Å². The van der Waals surface area contributed by atoms with E-state index in [1.54, 1.807) is 19.9 Å². The van der Waals surface area contributed by atoms with Gasteiger partial charge in [-0.05, 0) is 49.1 Å². The summed E-state index contributed by atoms with van der Waals surface area (Å²) in [6.45, 7) is 3.63. The minimum Gasteiger partial charge on any atom is -0.358 e. The molecule has 31 heavy (non-hydrogen) atoms. The minimum atomic E-state index is -3.90. The third-order valence-corrected chi connectivity index (χ3v) is 5.38. The third kappa shape index (κ3) is 5.82. The summed E-state index contributed by atoms with van der Waals surface area (Å²) in [4.78, 5) is 30.2. The Morgan fingerprint density at radius 2 is 1.77 bits per heavy atom. The number of rotatable bonds is 8. The smallest absolute Gasteiger partial charge is 0.358 e. The van der Waals surface area contributed by atoms with E-state index in [9.17, 15) is 23.3 Å². The number of anilines is 2.